The first-order valence-corrected chi connectivity index (χ1v) is 12.4. The maximum absolute atomic E-state index is 13.5. The fourth-order valence-corrected chi connectivity index (χ4v) is 5.45. The van der Waals surface area contributed by atoms with Crippen LogP contribution in [0, 0.1) is 11.7 Å². The van der Waals surface area contributed by atoms with Crippen molar-refractivity contribution in [2.24, 2.45) is 5.92 Å². The summed E-state index contributed by atoms with van der Waals surface area (Å²) >= 11 is 12.7. The summed E-state index contributed by atoms with van der Waals surface area (Å²) in [6.07, 6.45) is 3.99. The summed E-state index contributed by atoms with van der Waals surface area (Å²) < 4.78 is 13.4. The van der Waals surface area contributed by atoms with Crippen molar-refractivity contribution < 1.29 is 14.0 Å². The van der Waals surface area contributed by atoms with Crippen LogP contribution in [0.15, 0.2) is 24.5 Å². The molecule has 0 bridgehead atoms. The molecule has 0 unspecified atom stereocenters. The number of hydrogen-bond donors (Lipinski definition) is 2. The summed E-state index contributed by atoms with van der Waals surface area (Å²) in [5.41, 5.74) is 1.16. The zero-order valence-corrected chi connectivity index (χ0v) is 20.7. The van der Waals surface area contributed by atoms with Gasteiger partial charge >= 0.3 is 0 Å². The second-order valence-electron chi connectivity index (χ2n) is 9.05. The van der Waals surface area contributed by atoms with Gasteiger partial charge in [0.2, 0.25) is 0 Å². The van der Waals surface area contributed by atoms with Gasteiger partial charge in [-0.05, 0) is 31.9 Å². The van der Waals surface area contributed by atoms with E-state index in [0.717, 1.165) is 19.3 Å². The van der Waals surface area contributed by atoms with Gasteiger partial charge in [-0.15, -0.1) is 0 Å². The van der Waals surface area contributed by atoms with E-state index in [-0.39, 0.29) is 39.4 Å². The molecule has 5 heterocycles. The van der Waals surface area contributed by atoms with Crippen LogP contribution in [0.1, 0.15) is 40.6 Å². The van der Waals surface area contributed by atoms with Crippen LogP contribution < -0.4 is 10.2 Å². The number of pyridine rings is 2. The Kier molecular flexibility index (Phi) is 6.65. The van der Waals surface area contributed by atoms with E-state index in [1.807, 2.05) is 11.8 Å². The van der Waals surface area contributed by atoms with E-state index >= 15 is 0 Å². The highest BCUT2D eigenvalue weighted by atomic mass is 35.5. The molecule has 184 valence electrons. The second-order valence-corrected chi connectivity index (χ2v) is 9.86. The van der Waals surface area contributed by atoms with Crippen LogP contribution in [0.25, 0.3) is 11.0 Å². The molecule has 3 aromatic rings. The van der Waals surface area contributed by atoms with Gasteiger partial charge in [0.05, 0.1) is 16.2 Å². The number of H-pyrrole nitrogens is 1. The van der Waals surface area contributed by atoms with Gasteiger partial charge in [0.1, 0.15) is 23.0 Å². The number of amides is 1. The summed E-state index contributed by atoms with van der Waals surface area (Å²) in [4.78, 5) is 41.8. The third-order valence-corrected chi connectivity index (χ3v) is 7.37. The van der Waals surface area contributed by atoms with Gasteiger partial charge in [0.25, 0.3) is 5.91 Å². The van der Waals surface area contributed by atoms with E-state index in [0.29, 0.717) is 54.9 Å². The van der Waals surface area contributed by atoms with E-state index in [2.05, 4.69) is 20.3 Å². The highest BCUT2D eigenvalue weighted by molar-refractivity contribution is 6.34. The highest BCUT2D eigenvalue weighted by Crippen LogP contribution is 2.34. The average molecular weight is 519 g/mol. The van der Waals surface area contributed by atoms with Crippen molar-refractivity contribution in [3.05, 3.63) is 51.6 Å². The smallest absolute Gasteiger partial charge is 0.274 e. The Labute approximate surface area is 211 Å². The number of carbonyl (C=O) groups excluding carboxylic acids is 2. The third kappa shape index (κ3) is 4.60. The maximum atomic E-state index is 13.5. The Balaban J connectivity index is 1.35. The predicted octanol–water partition coefficient (Wildman–Crippen LogP) is 3.94. The van der Waals surface area contributed by atoms with E-state index in [1.54, 1.807) is 17.2 Å². The Morgan fingerprint density at radius 2 is 1.91 bits per heavy atom. The van der Waals surface area contributed by atoms with Crippen LogP contribution >= 0.6 is 23.2 Å². The molecule has 2 aliphatic rings. The summed E-state index contributed by atoms with van der Waals surface area (Å²) in [6.45, 7) is 5.22. The van der Waals surface area contributed by atoms with Crippen molar-refractivity contribution in [2.75, 3.05) is 37.6 Å². The number of aromatic nitrogens is 3. The zero-order valence-electron chi connectivity index (χ0n) is 19.2. The molecule has 0 aliphatic carbocycles. The van der Waals surface area contributed by atoms with Gasteiger partial charge in [0, 0.05) is 61.8 Å². The van der Waals surface area contributed by atoms with Gasteiger partial charge in [-0.3, -0.25) is 9.59 Å². The van der Waals surface area contributed by atoms with Crippen molar-refractivity contribution >= 4 is 51.7 Å². The lowest BCUT2D eigenvalue weighted by atomic mass is 9.85. The summed E-state index contributed by atoms with van der Waals surface area (Å²) in [5, 5.41) is 4.31. The number of piperidine rings is 1. The van der Waals surface area contributed by atoms with Crippen LogP contribution in [0.3, 0.4) is 0 Å². The normalized spacial score (nSPS) is 20.9. The van der Waals surface area contributed by atoms with E-state index in [4.69, 9.17) is 23.2 Å². The van der Waals surface area contributed by atoms with Gasteiger partial charge in [-0.2, -0.15) is 0 Å². The molecular formula is C24H25Cl2FN6O2. The summed E-state index contributed by atoms with van der Waals surface area (Å²) in [5.74, 6) is -0.382. The van der Waals surface area contributed by atoms with Crippen LogP contribution in [0.2, 0.25) is 10.0 Å². The largest absolute Gasteiger partial charge is 0.353 e. The predicted molar refractivity (Wildman–Crippen MR) is 133 cm³/mol. The number of halogens is 3. The molecule has 2 N–H and O–H groups in total. The molecule has 0 radical (unpaired) electrons. The molecule has 0 saturated carbocycles. The SMILES string of the molecule is C[C@@H]1C[C@H](C(=O)c2c[nH]c3nc(C(=O)N4CCNCC4)c(Cl)cc23)CCN1c1ncc(F)cc1Cl. The van der Waals surface area contributed by atoms with E-state index in [1.165, 1.54) is 6.07 Å². The lowest BCUT2D eigenvalue weighted by molar-refractivity contribution is 0.0730. The minimum absolute atomic E-state index is 0.0000367. The fourth-order valence-electron chi connectivity index (χ4n) is 4.96. The number of hydrogen-bond acceptors (Lipinski definition) is 6. The molecule has 0 aromatic carbocycles. The third-order valence-electron chi connectivity index (χ3n) is 6.80. The highest BCUT2D eigenvalue weighted by Gasteiger charge is 2.33. The van der Waals surface area contributed by atoms with Crippen molar-refractivity contribution in [1.82, 2.24) is 25.2 Å². The molecule has 0 spiro atoms. The number of piperazine rings is 1. The summed E-state index contributed by atoms with van der Waals surface area (Å²) in [7, 11) is 0. The molecule has 5 rings (SSSR count). The van der Waals surface area contributed by atoms with Crippen molar-refractivity contribution in [3.8, 4) is 0 Å². The van der Waals surface area contributed by atoms with Crippen LogP contribution in [0.5, 0.6) is 0 Å². The van der Waals surface area contributed by atoms with Gasteiger partial charge in [0.15, 0.2) is 5.78 Å². The van der Waals surface area contributed by atoms with Crippen molar-refractivity contribution in [2.45, 2.75) is 25.8 Å². The van der Waals surface area contributed by atoms with Crippen LogP contribution in [-0.4, -0.2) is 70.3 Å². The van der Waals surface area contributed by atoms with Crippen molar-refractivity contribution in [1.29, 1.82) is 0 Å². The Bertz CT molecular complexity index is 1290. The van der Waals surface area contributed by atoms with Gasteiger partial charge in [-0.25, -0.2) is 14.4 Å². The fraction of sp³-hybridized carbons (Fsp3) is 0.417. The quantitative estimate of drug-likeness (QED) is 0.508. The first kappa shape index (κ1) is 24.0. The number of rotatable bonds is 4. The molecule has 11 heteroatoms. The van der Waals surface area contributed by atoms with Gasteiger partial charge in [-0.1, -0.05) is 23.2 Å². The van der Waals surface area contributed by atoms with Crippen LogP contribution in [-0.2, 0) is 0 Å². The lowest BCUT2D eigenvalue weighted by Gasteiger charge is -2.38. The number of Topliss-reactive ketones (excluding diaryl/α,β-unsaturated/α-hetero) is 1. The number of ketones is 1. The Morgan fingerprint density at radius 1 is 1.14 bits per heavy atom. The average Bonchev–Trinajstić information content (AvgIpc) is 3.26. The van der Waals surface area contributed by atoms with Gasteiger partial charge < -0.3 is 20.1 Å². The number of anilines is 1. The van der Waals surface area contributed by atoms with Crippen LogP contribution in [0.4, 0.5) is 10.2 Å². The first-order valence-electron chi connectivity index (χ1n) is 11.6. The number of fused-ring (bicyclic) bond motifs is 1. The van der Waals surface area contributed by atoms with E-state index < -0.39 is 5.82 Å². The molecule has 2 saturated heterocycles. The summed E-state index contributed by atoms with van der Waals surface area (Å²) in [6, 6.07) is 2.89. The molecule has 2 fully saturated rings. The molecule has 3 aromatic heterocycles. The molecule has 2 atom stereocenters. The monoisotopic (exact) mass is 518 g/mol. The first-order chi connectivity index (χ1) is 16.8. The molecule has 8 nitrogen and oxygen atoms in total. The topological polar surface area (TPSA) is 94.2 Å². The van der Waals surface area contributed by atoms with Crippen molar-refractivity contribution in [3.63, 3.8) is 0 Å². The minimum atomic E-state index is -0.485. The van der Waals surface area contributed by atoms with E-state index in [9.17, 15) is 14.0 Å². The molecule has 35 heavy (non-hydrogen) atoms. The Hall–Kier alpha value is -2.75. The maximum Gasteiger partial charge on any atom is 0.274 e. The number of nitrogens with one attached hydrogen (secondary N) is 2. The zero-order chi connectivity index (χ0) is 24.7. The molecule has 2 aliphatic heterocycles. The Morgan fingerprint density at radius 3 is 2.63 bits per heavy atom. The second kappa shape index (κ2) is 9.72. The lowest BCUT2D eigenvalue weighted by Crippen LogP contribution is -2.46. The minimum Gasteiger partial charge on any atom is -0.353 e. The standard InChI is InChI=1S/C24H25Cl2FN6O2/c1-13-8-14(2-5-33(13)23-19(26)9-15(27)11-30-23)21(34)17-12-29-22-16(17)10-18(25)20(31-22)24(35)32-6-3-28-4-7-32/h9-14,28H,2-8H2,1H3,(H,29,31)/t13-,14-/m1/s1. The number of carbonyl (C=O) groups is 2. The number of nitrogens with zero attached hydrogens (tertiary/aromatic N) is 4. The molecule has 1 amide bonds. The molecular weight excluding hydrogens is 494 g/mol. The number of aromatic amines is 1.